The van der Waals surface area contributed by atoms with Crippen LogP contribution in [0.4, 0.5) is 0 Å². The van der Waals surface area contributed by atoms with E-state index in [2.05, 4.69) is 12.1 Å². The van der Waals surface area contributed by atoms with Crippen LogP contribution in [0.25, 0.3) is 0 Å². The Labute approximate surface area is 102 Å². The summed E-state index contributed by atoms with van der Waals surface area (Å²) in [5.74, 6) is 1.36. The third kappa shape index (κ3) is 1.65. The van der Waals surface area contributed by atoms with Crippen molar-refractivity contribution in [1.82, 2.24) is 0 Å². The topological polar surface area (TPSA) is 44.5 Å². The van der Waals surface area contributed by atoms with Gasteiger partial charge < -0.3 is 15.2 Å². The second kappa shape index (κ2) is 4.00. The second-order valence-corrected chi connectivity index (χ2v) is 5.12. The van der Waals surface area contributed by atoms with Gasteiger partial charge in [0.2, 0.25) is 0 Å². The molecule has 1 aromatic rings. The van der Waals surface area contributed by atoms with Gasteiger partial charge in [0.15, 0.2) is 0 Å². The van der Waals surface area contributed by atoms with E-state index in [4.69, 9.17) is 15.2 Å². The number of hydrogen-bond acceptors (Lipinski definition) is 3. The van der Waals surface area contributed by atoms with E-state index >= 15 is 0 Å². The number of benzene rings is 1. The molecule has 2 atom stereocenters. The second-order valence-electron chi connectivity index (χ2n) is 5.12. The summed E-state index contributed by atoms with van der Waals surface area (Å²) in [6.07, 6.45) is 3.18. The quantitative estimate of drug-likeness (QED) is 0.847. The zero-order chi connectivity index (χ0) is 11.9. The molecule has 2 unspecified atom stereocenters. The highest BCUT2D eigenvalue weighted by molar-refractivity contribution is 5.44. The molecule has 1 heterocycles. The highest BCUT2D eigenvalue weighted by Crippen LogP contribution is 2.44. The third-order valence-corrected chi connectivity index (χ3v) is 4.28. The smallest absolute Gasteiger partial charge is 0.119 e. The van der Waals surface area contributed by atoms with Gasteiger partial charge in [-0.3, -0.25) is 0 Å². The van der Waals surface area contributed by atoms with Gasteiger partial charge in [-0.1, -0.05) is 6.07 Å². The summed E-state index contributed by atoms with van der Waals surface area (Å²) in [6.45, 7) is 1.65. The Morgan fingerprint density at radius 3 is 3.06 bits per heavy atom. The fraction of sp³-hybridized carbons (Fsp3) is 0.571. The molecule has 3 nitrogen and oxygen atoms in total. The molecular weight excluding hydrogens is 214 g/mol. The SMILES string of the molecule is COc1ccc2c(c1)C(N)(C1CCOC1)CC2. The van der Waals surface area contributed by atoms with Crippen molar-refractivity contribution >= 4 is 0 Å². The Morgan fingerprint density at radius 2 is 2.35 bits per heavy atom. The van der Waals surface area contributed by atoms with Crippen molar-refractivity contribution in [2.75, 3.05) is 20.3 Å². The number of methoxy groups -OCH3 is 1. The lowest BCUT2D eigenvalue weighted by atomic mass is 9.79. The molecule has 0 bridgehead atoms. The maximum Gasteiger partial charge on any atom is 0.119 e. The molecule has 3 heteroatoms. The molecule has 92 valence electrons. The largest absolute Gasteiger partial charge is 0.497 e. The van der Waals surface area contributed by atoms with Crippen molar-refractivity contribution in [3.05, 3.63) is 29.3 Å². The van der Waals surface area contributed by atoms with E-state index < -0.39 is 0 Å². The minimum absolute atomic E-state index is 0.208. The first-order chi connectivity index (χ1) is 8.24. The minimum Gasteiger partial charge on any atom is -0.497 e. The van der Waals surface area contributed by atoms with E-state index in [1.165, 1.54) is 11.1 Å². The van der Waals surface area contributed by atoms with E-state index in [1.54, 1.807) is 7.11 Å². The molecule has 1 aromatic carbocycles. The van der Waals surface area contributed by atoms with E-state index in [1.807, 2.05) is 6.07 Å². The Balaban J connectivity index is 2.00. The molecule has 0 saturated carbocycles. The maximum atomic E-state index is 6.66. The predicted molar refractivity (Wildman–Crippen MR) is 66.1 cm³/mol. The normalized spacial score (nSPS) is 31.5. The molecule has 2 N–H and O–H groups in total. The molecule has 0 aromatic heterocycles. The number of rotatable bonds is 2. The molecule has 1 aliphatic carbocycles. The van der Waals surface area contributed by atoms with Crippen LogP contribution in [-0.4, -0.2) is 20.3 Å². The van der Waals surface area contributed by atoms with Crippen molar-refractivity contribution < 1.29 is 9.47 Å². The first-order valence-electron chi connectivity index (χ1n) is 6.28. The van der Waals surface area contributed by atoms with Gasteiger partial charge >= 0.3 is 0 Å². The van der Waals surface area contributed by atoms with Crippen LogP contribution in [0.1, 0.15) is 24.0 Å². The van der Waals surface area contributed by atoms with Gasteiger partial charge in [-0.25, -0.2) is 0 Å². The van der Waals surface area contributed by atoms with Crippen molar-refractivity contribution in [1.29, 1.82) is 0 Å². The van der Waals surface area contributed by atoms with Gasteiger partial charge in [0.25, 0.3) is 0 Å². The summed E-state index contributed by atoms with van der Waals surface area (Å²) in [6, 6.07) is 6.29. The number of ether oxygens (including phenoxy) is 2. The van der Waals surface area contributed by atoms with E-state index in [0.717, 1.165) is 38.2 Å². The lowest BCUT2D eigenvalue weighted by molar-refractivity contribution is 0.161. The van der Waals surface area contributed by atoms with E-state index in [0.29, 0.717) is 5.92 Å². The molecule has 3 rings (SSSR count). The van der Waals surface area contributed by atoms with Gasteiger partial charge in [-0.15, -0.1) is 0 Å². The fourth-order valence-electron chi connectivity index (χ4n) is 3.17. The molecule has 0 amide bonds. The van der Waals surface area contributed by atoms with Crippen LogP contribution in [0.15, 0.2) is 18.2 Å². The Kier molecular flexibility index (Phi) is 2.60. The number of hydrogen-bond donors (Lipinski definition) is 1. The molecule has 2 aliphatic rings. The molecule has 0 spiro atoms. The number of fused-ring (bicyclic) bond motifs is 1. The van der Waals surface area contributed by atoms with Crippen molar-refractivity contribution in [3.8, 4) is 5.75 Å². The van der Waals surface area contributed by atoms with Crippen LogP contribution in [0.2, 0.25) is 0 Å². The fourth-order valence-corrected chi connectivity index (χ4v) is 3.17. The van der Waals surface area contributed by atoms with Crippen LogP contribution >= 0.6 is 0 Å². The Morgan fingerprint density at radius 1 is 1.47 bits per heavy atom. The Hall–Kier alpha value is -1.06. The van der Waals surface area contributed by atoms with Crippen LogP contribution in [0.5, 0.6) is 5.75 Å². The van der Waals surface area contributed by atoms with Crippen LogP contribution in [-0.2, 0) is 16.7 Å². The summed E-state index contributed by atoms with van der Waals surface area (Å²) >= 11 is 0. The van der Waals surface area contributed by atoms with Crippen molar-refractivity contribution in [2.45, 2.75) is 24.8 Å². The third-order valence-electron chi connectivity index (χ3n) is 4.28. The van der Waals surface area contributed by atoms with E-state index in [9.17, 15) is 0 Å². The molecule has 1 saturated heterocycles. The minimum atomic E-state index is -0.208. The van der Waals surface area contributed by atoms with Crippen molar-refractivity contribution in [2.24, 2.45) is 11.7 Å². The summed E-state index contributed by atoms with van der Waals surface area (Å²) in [5.41, 5.74) is 9.10. The average molecular weight is 233 g/mol. The molecule has 1 fully saturated rings. The highest BCUT2D eigenvalue weighted by atomic mass is 16.5. The van der Waals surface area contributed by atoms with Gasteiger partial charge in [0.1, 0.15) is 5.75 Å². The summed E-state index contributed by atoms with van der Waals surface area (Å²) < 4.78 is 10.8. The van der Waals surface area contributed by atoms with Crippen LogP contribution < -0.4 is 10.5 Å². The molecule has 0 radical (unpaired) electrons. The molecule has 1 aliphatic heterocycles. The molecular formula is C14H19NO2. The lowest BCUT2D eigenvalue weighted by Crippen LogP contribution is -2.42. The molecule has 17 heavy (non-hydrogen) atoms. The zero-order valence-corrected chi connectivity index (χ0v) is 10.2. The van der Waals surface area contributed by atoms with Gasteiger partial charge in [0, 0.05) is 18.1 Å². The summed E-state index contributed by atoms with van der Waals surface area (Å²) in [7, 11) is 1.70. The maximum absolute atomic E-state index is 6.66. The summed E-state index contributed by atoms with van der Waals surface area (Å²) in [5, 5.41) is 0. The van der Waals surface area contributed by atoms with Crippen LogP contribution in [0, 0.1) is 5.92 Å². The van der Waals surface area contributed by atoms with Gasteiger partial charge in [-0.05, 0) is 42.5 Å². The van der Waals surface area contributed by atoms with Crippen molar-refractivity contribution in [3.63, 3.8) is 0 Å². The monoisotopic (exact) mass is 233 g/mol. The zero-order valence-electron chi connectivity index (χ0n) is 10.2. The van der Waals surface area contributed by atoms with Crippen LogP contribution in [0.3, 0.4) is 0 Å². The highest BCUT2D eigenvalue weighted by Gasteiger charge is 2.43. The number of nitrogens with two attached hydrogens (primary N) is 1. The van der Waals surface area contributed by atoms with E-state index in [-0.39, 0.29) is 5.54 Å². The Bertz CT molecular complexity index is 426. The standard InChI is InChI=1S/C14H19NO2/c1-16-12-3-2-10-4-6-14(15,13(10)8-12)11-5-7-17-9-11/h2-3,8,11H,4-7,9,15H2,1H3. The number of aryl methyl sites for hydroxylation is 1. The summed E-state index contributed by atoms with van der Waals surface area (Å²) in [4.78, 5) is 0. The average Bonchev–Trinajstić information content (AvgIpc) is 2.98. The first-order valence-corrected chi connectivity index (χ1v) is 6.28. The lowest BCUT2D eigenvalue weighted by Gasteiger charge is -2.31. The predicted octanol–water partition coefficient (Wildman–Crippen LogP) is 1.83. The van der Waals surface area contributed by atoms with Gasteiger partial charge in [-0.2, -0.15) is 0 Å². The van der Waals surface area contributed by atoms with Gasteiger partial charge in [0.05, 0.1) is 13.7 Å². The first kappa shape index (κ1) is 11.1.